The van der Waals surface area contributed by atoms with E-state index in [-0.39, 0.29) is 22.9 Å². The molecule has 3 aliphatic rings. The van der Waals surface area contributed by atoms with Crippen LogP contribution in [0.2, 0.25) is 0 Å². The number of Topliss-reactive ketones (excluding diaryl/α,β-unsaturated/α-hetero) is 1. The number of aliphatic hydroxyl groups is 1. The Hall–Kier alpha value is -1.94. The molecular weight excluding hydrogens is 304 g/mol. The molecule has 0 saturated heterocycles. The van der Waals surface area contributed by atoms with Gasteiger partial charge >= 0.3 is 5.97 Å². The highest BCUT2D eigenvalue weighted by Crippen LogP contribution is 2.60. The van der Waals surface area contributed by atoms with E-state index < -0.39 is 11.0 Å². The molecule has 1 aromatic rings. The summed E-state index contributed by atoms with van der Waals surface area (Å²) in [6.07, 6.45) is 2.53. The average molecular weight is 326 g/mol. The lowest BCUT2D eigenvalue weighted by atomic mass is 9.55. The monoisotopic (exact) mass is 326 g/mol. The van der Waals surface area contributed by atoms with Gasteiger partial charge in [-0.2, -0.15) is 0 Å². The number of benzene rings is 1. The number of hydrogen-bond donors (Lipinski definition) is 1. The van der Waals surface area contributed by atoms with Crippen LogP contribution >= 0.6 is 0 Å². The number of allylic oxidation sites excluding steroid dienone is 1. The number of fused-ring (bicyclic) bond motifs is 2. The largest absolute Gasteiger partial charge is 0.422 e. The lowest BCUT2D eigenvalue weighted by Gasteiger charge is -2.45. The van der Waals surface area contributed by atoms with Gasteiger partial charge in [0.15, 0.2) is 5.76 Å². The summed E-state index contributed by atoms with van der Waals surface area (Å²) in [7, 11) is 0. The van der Waals surface area contributed by atoms with E-state index in [2.05, 4.69) is 6.92 Å². The van der Waals surface area contributed by atoms with E-state index in [0.29, 0.717) is 11.1 Å². The minimum absolute atomic E-state index is 0.227. The van der Waals surface area contributed by atoms with Gasteiger partial charge in [-0.05, 0) is 50.8 Å². The molecule has 0 bridgehead atoms. The Morgan fingerprint density at radius 3 is 2.46 bits per heavy atom. The molecule has 4 heteroatoms. The summed E-state index contributed by atoms with van der Waals surface area (Å²) in [5.74, 6) is -0.310. The average Bonchev–Trinajstić information content (AvgIpc) is 2.77. The number of ether oxygens (including phenoxy) is 1. The molecule has 0 aromatic heterocycles. The molecule has 2 aliphatic carbocycles. The highest BCUT2D eigenvalue weighted by Gasteiger charge is 2.60. The minimum Gasteiger partial charge on any atom is -0.422 e. The molecule has 2 atom stereocenters. The van der Waals surface area contributed by atoms with Crippen molar-refractivity contribution in [1.29, 1.82) is 0 Å². The highest BCUT2D eigenvalue weighted by atomic mass is 16.5. The summed E-state index contributed by atoms with van der Waals surface area (Å²) in [4.78, 5) is 25.5. The molecule has 4 rings (SSSR count). The molecule has 1 aliphatic heterocycles. The molecule has 1 aromatic carbocycles. The summed E-state index contributed by atoms with van der Waals surface area (Å²) < 4.78 is 5.47. The Labute approximate surface area is 141 Å². The molecule has 1 heterocycles. The van der Waals surface area contributed by atoms with Crippen LogP contribution in [0.5, 0.6) is 0 Å². The van der Waals surface area contributed by atoms with Crippen molar-refractivity contribution in [1.82, 2.24) is 0 Å². The van der Waals surface area contributed by atoms with Crippen LogP contribution < -0.4 is 0 Å². The third-order valence-corrected chi connectivity index (χ3v) is 6.10. The van der Waals surface area contributed by atoms with Crippen LogP contribution in [-0.2, 0) is 20.5 Å². The lowest BCUT2D eigenvalue weighted by molar-refractivity contribution is -0.145. The molecule has 24 heavy (non-hydrogen) atoms. The molecule has 0 amide bonds. The zero-order chi connectivity index (χ0) is 17.5. The van der Waals surface area contributed by atoms with Crippen LogP contribution in [0, 0.1) is 5.41 Å². The van der Waals surface area contributed by atoms with Crippen molar-refractivity contribution in [3.8, 4) is 0 Å². The van der Waals surface area contributed by atoms with Crippen molar-refractivity contribution in [3.05, 3.63) is 46.2 Å². The first-order valence-electron chi connectivity index (χ1n) is 8.49. The zero-order valence-corrected chi connectivity index (χ0v) is 14.5. The fraction of sp³-hybridized carbons (Fsp3) is 0.500. The second-order valence-electron chi connectivity index (χ2n) is 8.26. The normalized spacial score (nSPS) is 31.7. The van der Waals surface area contributed by atoms with Gasteiger partial charge in [-0.25, -0.2) is 0 Å². The van der Waals surface area contributed by atoms with Crippen molar-refractivity contribution in [2.45, 2.75) is 58.0 Å². The fourth-order valence-electron chi connectivity index (χ4n) is 4.76. The highest BCUT2D eigenvalue weighted by molar-refractivity contribution is 6.14. The number of rotatable bonds is 1. The predicted octanol–water partition coefficient (Wildman–Crippen LogP) is 3.37. The number of carbonyl (C=O) groups is 2. The first-order chi connectivity index (χ1) is 11.1. The first kappa shape index (κ1) is 15.6. The van der Waals surface area contributed by atoms with Crippen LogP contribution in [0.15, 0.2) is 29.5 Å². The van der Waals surface area contributed by atoms with E-state index in [1.165, 1.54) is 0 Å². The molecule has 1 saturated carbocycles. The smallest absolute Gasteiger partial charge is 0.321 e. The first-order valence-corrected chi connectivity index (χ1v) is 8.49. The third-order valence-electron chi connectivity index (χ3n) is 6.10. The third kappa shape index (κ3) is 1.72. The van der Waals surface area contributed by atoms with Gasteiger partial charge in [0.1, 0.15) is 0 Å². The molecule has 4 nitrogen and oxygen atoms in total. The number of hydrogen-bond acceptors (Lipinski definition) is 4. The molecule has 0 spiro atoms. The van der Waals surface area contributed by atoms with E-state index in [4.69, 9.17) is 4.74 Å². The van der Waals surface area contributed by atoms with E-state index in [1.807, 2.05) is 19.1 Å². The van der Waals surface area contributed by atoms with Crippen LogP contribution in [0.1, 0.15) is 68.4 Å². The molecule has 1 N–H and O–H groups in total. The van der Waals surface area contributed by atoms with Crippen LogP contribution in [0.3, 0.4) is 0 Å². The van der Waals surface area contributed by atoms with E-state index in [0.717, 1.165) is 30.4 Å². The van der Waals surface area contributed by atoms with Crippen molar-refractivity contribution >= 4 is 11.8 Å². The van der Waals surface area contributed by atoms with Crippen LogP contribution in [0.25, 0.3) is 0 Å². The van der Waals surface area contributed by atoms with Gasteiger partial charge in [-0.1, -0.05) is 25.5 Å². The van der Waals surface area contributed by atoms with Gasteiger partial charge in [0, 0.05) is 16.6 Å². The second kappa shape index (κ2) is 4.37. The Bertz CT molecular complexity index is 827. The maximum absolute atomic E-state index is 13.0. The number of carbonyl (C=O) groups excluding carboxylic acids is 2. The molecule has 126 valence electrons. The van der Waals surface area contributed by atoms with Gasteiger partial charge in [0.05, 0.1) is 11.0 Å². The van der Waals surface area contributed by atoms with Gasteiger partial charge in [0.2, 0.25) is 5.78 Å². The van der Waals surface area contributed by atoms with Gasteiger partial charge in [0.25, 0.3) is 0 Å². The SMILES string of the molecule is CC12CCCC3(C)C1=C(OC2=O)C(=O)c1cc(C(C)(C)O)ccc13. The summed E-state index contributed by atoms with van der Waals surface area (Å²) in [6.45, 7) is 7.40. The maximum atomic E-state index is 13.0. The van der Waals surface area contributed by atoms with Crippen LogP contribution in [0.4, 0.5) is 0 Å². The minimum atomic E-state index is -1.03. The van der Waals surface area contributed by atoms with Crippen molar-refractivity contribution < 1.29 is 19.4 Å². The number of esters is 1. The van der Waals surface area contributed by atoms with E-state index >= 15 is 0 Å². The summed E-state index contributed by atoms with van der Waals surface area (Å²) in [6, 6.07) is 5.58. The zero-order valence-electron chi connectivity index (χ0n) is 14.5. The fourth-order valence-corrected chi connectivity index (χ4v) is 4.76. The Morgan fingerprint density at radius 2 is 1.79 bits per heavy atom. The van der Waals surface area contributed by atoms with Crippen LogP contribution in [-0.4, -0.2) is 16.9 Å². The summed E-state index contributed by atoms with van der Waals surface area (Å²) >= 11 is 0. The Morgan fingerprint density at radius 1 is 1.12 bits per heavy atom. The predicted molar refractivity (Wildman–Crippen MR) is 88.4 cm³/mol. The quantitative estimate of drug-likeness (QED) is 0.804. The molecule has 0 radical (unpaired) electrons. The van der Waals surface area contributed by atoms with Gasteiger partial charge < -0.3 is 9.84 Å². The summed E-state index contributed by atoms with van der Waals surface area (Å²) in [5.41, 5.74) is 0.960. The van der Waals surface area contributed by atoms with Crippen molar-refractivity contribution in [2.75, 3.05) is 0 Å². The van der Waals surface area contributed by atoms with Gasteiger partial charge in [-0.15, -0.1) is 0 Å². The van der Waals surface area contributed by atoms with Crippen molar-refractivity contribution in [2.24, 2.45) is 5.41 Å². The lowest BCUT2D eigenvalue weighted by Crippen LogP contribution is -2.43. The summed E-state index contributed by atoms with van der Waals surface area (Å²) in [5, 5.41) is 10.3. The molecular formula is C20H22O4. The molecule has 1 fully saturated rings. The Kier molecular flexibility index (Phi) is 2.83. The molecule has 2 unspecified atom stereocenters. The van der Waals surface area contributed by atoms with E-state index in [1.54, 1.807) is 19.9 Å². The van der Waals surface area contributed by atoms with Gasteiger partial charge in [-0.3, -0.25) is 9.59 Å². The maximum Gasteiger partial charge on any atom is 0.321 e. The van der Waals surface area contributed by atoms with E-state index in [9.17, 15) is 14.7 Å². The Balaban J connectivity index is 1.99. The number of ketones is 1. The second-order valence-corrected chi connectivity index (χ2v) is 8.26. The standard InChI is InChI=1S/C20H22O4/c1-18(2,23)11-6-7-13-12(10-11)14(21)15-16-19(13,3)8-5-9-20(16,4)17(22)24-15/h6-7,10,23H,5,8-9H2,1-4H3. The topological polar surface area (TPSA) is 63.6 Å². The van der Waals surface area contributed by atoms with Crippen molar-refractivity contribution in [3.63, 3.8) is 0 Å².